The standard InChI is InChI=1S/C14H28N2O2/c1-11(12-6-9-18-10-7-12)16-13(17)5-8-15-14(2,3)4/h11-12,15H,5-10H2,1-4H3,(H,16,17). The molecular weight excluding hydrogens is 228 g/mol. The van der Waals surface area contributed by atoms with E-state index in [2.05, 4.69) is 38.3 Å². The van der Waals surface area contributed by atoms with E-state index >= 15 is 0 Å². The summed E-state index contributed by atoms with van der Waals surface area (Å²) in [5.74, 6) is 0.712. The van der Waals surface area contributed by atoms with E-state index in [4.69, 9.17) is 4.74 Å². The van der Waals surface area contributed by atoms with Gasteiger partial charge in [-0.1, -0.05) is 0 Å². The van der Waals surface area contributed by atoms with Gasteiger partial charge in [0.05, 0.1) is 0 Å². The van der Waals surface area contributed by atoms with Crippen molar-refractivity contribution in [3.8, 4) is 0 Å². The highest BCUT2D eigenvalue weighted by Gasteiger charge is 2.21. The highest BCUT2D eigenvalue weighted by Crippen LogP contribution is 2.18. The molecule has 0 spiro atoms. The van der Waals surface area contributed by atoms with Gasteiger partial charge in [0, 0.05) is 37.8 Å². The SMILES string of the molecule is CC(NC(=O)CCNC(C)(C)C)C1CCOCC1. The van der Waals surface area contributed by atoms with Gasteiger partial charge in [0.2, 0.25) is 5.91 Å². The van der Waals surface area contributed by atoms with Gasteiger partial charge >= 0.3 is 0 Å². The molecule has 106 valence electrons. The Morgan fingerprint density at radius 2 is 1.94 bits per heavy atom. The van der Waals surface area contributed by atoms with Crippen LogP contribution in [0.25, 0.3) is 0 Å². The first kappa shape index (κ1) is 15.4. The predicted molar refractivity (Wildman–Crippen MR) is 73.5 cm³/mol. The van der Waals surface area contributed by atoms with Gasteiger partial charge in [0.15, 0.2) is 0 Å². The third-order valence-electron chi connectivity index (χ3n) is 3.37. The molecule has 1 heterocycles. The van der Waals surface area contributed by atoms with Crippen LogP contribution < -0.4 is 10.6 Å². The van der Waals surface area contributed by atoms with Crippen LogP contribution in [0.1, 0.15) is 47.0 Å². The molecular formula is C14H28N2O2. The van der Waals surface area contributed by atoms with Crippen molar-refractivity contribution < 1.29 is 9.53 Å². The number of carbonyl (C=O) groups excluding carboxylic acids is 1. The molecule has 1 amide bonds. The number of hydrogen-bond donors (Lipinski definition) is 2. The lowest BCUT2D eigenvalue weighted by molar-refractivity contribution is -0.122. The first-order valence-corrected chi connectivity index (χ1v) is 7.00. The summed E-state index contributed by atoms with van der Waals surface area (Å²) >= 11 is 0. The van der Waals surface area contributed by atoms with Crippen molar-refractivity contribution in [1.29, 1.82) is 0 Å². The van der Waals surface area contributed by atoms with Crippen LogP contribution in [-0.2, 0) is 9.53 Å². The largest absolute Gasteiger partial charge is 0.381 e. The van der Waals surface area contributed by atoms with Crippen molar-refractivity contribution in [2.45, 2.75) is 58.5 Å². The van der Waals surface area contributed by atoms with Crippen molar-refractivity contribution >= 4 is 5.91 Å². The zero-order chi connectivity index (χ0) is 13.6. The maximum atomic E-state index is 11.8. The Labute approximate surface area is 111 Å². The fourth-order valence-corrected chi connectivity index (χ4v) is 2.21. The van der Waals surface area contributed by atoms with E-state index < -0.39 is 0 Å². The summed E-state index contributed by atoms with van der Waals surface area (Å²) in [6.45, 7) is 10.8. The van der Waals surface area contributed by atoms with Gasteiger partial charge in [-0.2, -0.15) is 0 Å². The van der Waals surface area contributed by atoms with Crippen molar-refractivity contribution in [2.24, 2.45) is 5.92 Å². The minimum Gasteiger partial charge on any atom is -0.381 e. The van der Waals surface area contributed by atoms with Gasteiger partial charge in [0.25, 0.3) is 0 Å². The number of ether oxygens (including phenoxy) is 1. The molecule has 1 saturated heterocycles. The number of carbonyl (C=O) groups is 1. The Balaban J connectivity index is 2.18. The minimum absolute atomic E-state index is 0.0760. The van der Waals surface area contributed by atoms with Crippen molar-refractivity contribution in [1.82, 2.24) is 10.6 Å². The summed E-state index contributed by atoms with van der Waals surface area (Å²) in [4.78, 5) is 11.8. The zero-order valence-electron chi connectivity index (χ0n) is 12.2. The molecule has 4 heteroatoms. The second-order valence-electron chi connectivity index (χ2n) is 6.23. The van der Waals surface area contributed by atoms with Crippen LogP contribution in [0.4, 0.5) is 0 Å². The second kappa shape index (κ2) is 7.10. The third-order valence-corrected chi connectivity index (χ3v) is 3.37. The van der Waals surface area contributed by atoms with Gasteiger partial charge in [0.1, 0.15) is 0 Å². The molecule has 1 aliphatic heterocycles. The van der Waals surface area contributed by atoms with E-state index in [0.29, 0.717) is 12.3 Å². The fraction of sp³-hybridized carbons (Fsp3) is 0.929. The molecule has 0 aromatic carbocycles. The highest BCUT2D eigenvalue weighted by atomic mass is 16.5. The van der Waals surface area contributed by atoms with Gasteiger partial charge in [-0.25, -0.2) is 0 Å². The first-order valence-electron chi connectivity index (χ1n) is 7.00. The van der Waals surface area contributed by atoms with E-state index in [1.54, 1.807) is 0 Å². The summed E-state index contributed by atoms with van der Waals surface area (Å²) in [5.41, 5.74) is 0.0760. The predicted octanol–water partition coefficient (Wildman–Crippen LogP) is 1.70. The van der Waals surface area contributed by atoms with Crippen molar-refractivity contribution in [3.05, 3.63) is 0 Å². The normalized spacial score (nSPS) is 19.6. The molecule has 18 heavy (non-hydrogen) atoms. The van der Waals surface area contributed by atoms with E-state index in [9.17, 15) is 4.79 Å². The first-order chi connectivity index (χ1) is 8.38. The molecule has 1 rings (SSSR count). The molecule has 2 N–H and O–H groups in total. The van der Waals surface area contributed by atoms with Crippen LogP contribution in [-0.4, -0.2) is 37.2 Å². The van der Waals surface area contributed by atoms with Crippen molar-refractivity contribution in [3.63, 3.8) is 0 Å². The second-order valence-corrected chi connectivity index (χ2v) is 6.23. The topological polar surface area (TPSA) is 50.4 Å². The van der Waals surface area contributed by atoms with Gasteiger partial charge < -0.3 is 15.4 Å². The van der Waals surface area contributed by atoms with Crippen LogP contribution in [0.3, 0.4) is 0 Å². The lowest BCUT2D eigenvalue weighted by Crippen LogP contribution is -2.43. The minimum atomic E-state index is 0.0760. The molecule has 4 nitrogen and oxygen atoms in total. The number of nitrogens with one attached hydrogen (secondary N) is 2. The molecule has 0 saturated carbocycles. The Kier molecular flexibility index (Phi) is 6.09. The quantitative estimate of drug-likeness (QED) is 0.787. The average molecular weight is 256 g/mol. The average Bonchev–Trinajstić information content (AvgIpc) is 2.28. The zero-order valence-corrected chi connectivity index (χ0v) is 12.2. The van der Waals surface area contributed by atoms with Crippen LogP contribution in [0.2, 0.25) is 0 Å². The molecule has 1 atom stereocenters. The van der Waals surface area contributed by atoms with Crippen molar-refractivity contribution in [2.75, 3.05) is 19.8 Å². The van der Waals surface area contributed by atoms with Gasteiger partial charge in [-0.15, -0.1) is 0 Å². The Bertz CT molecular complexity index is 255. The Hall–Kier alpha value is -0.610. The summed E-state index contributed by atoms with van der Waals surface area (Å²) in [7, 11) is 0. The van der Waals surface area contributed by atoms with E-state index in [0.717, 1.165) is 32.6 Å². The van der Waals surface area contributed by atoms with Gasteiger partial charge in [-0.3, -0.25) is 4.79 Å². The number of rotatable bonds is 5. The lowest BCUT2D eigenvalue weighted by Gasteiger charge is -2.28. The van der Waals surface area contributed by atoms with E-state index in [-0.39, 0.29) is 17.5 Å². The smallest absolute Gasteiger partial charge is 0.221 e. The molecule has 0 radical (unpaired) electrons. The molecule has 0 bridgehead atoms. The molecule has 1 fully saturated rings. The van der Waals surface area contributed by atoms with Crippen LogP contribution in [0, 0.1) is 5.92 Å². The molecule has 0 aromatic heterocycles. The summed E-state index contributed by atoms with van der Waals surface area (Å²) in [6, 6.07) is 0.260. The Morgan fingerprint density at radius 3 is 2.50 bits per heavy atom. The van der Waals surface area contributed by atoms with E-state index in [1.807, 2.05) is 0 Å². The summed E-state index contributed by atoms with van der Waals surface area (Å²) < 4.78 is 5.33. The molecule has 0 aromatic rings. The highest BCUT2D eigenvalue weighted by molar-refractivity contribution is 5.76. The summed E-state index contributed by atoms with van der Waals surface area (Å²) in [6.07, 6.45) is 2.66. The monoisotopic (exact) mass is 256 g/mol. The number of amides is 1. The maximum Gasteiger partial charge on any atom is 0.221 e. The molecule has 0 aliphatic carbocycles. The molecule has 1 aliphatic rings. The van der Waals surface area contributed by atoms with Crippen LogP contribution in [0.5, 0.6) is 0 Å². The molecule has 1 unspecified atom stereocenters. The fourth-order valence-electron chi connectivity index (χ4n) is 2.21. The lowest BCUT2D eigenvalue weighted by atomic mass is 9.93. The van der Waals surface area contributed by atoms with E-state index in [1.165, 1.54) is 0 Å². The number of hydrogen-bond acceptors (Lipinski definition) is 3. The summed E-state index contributed by atoms with van der Waals surface area (Å²) in [5, 5.41) is 6.43. The third kappa shape index (κ3) is 6.36. The van der Waals surface area contributed by atoms with Crippen LogP contribution >= 0.6 is 0 Å². The Morgan fingerprint density at radius 1 is 1.33 bits per heavy atom. The van der Waals surface area contributed by atoms with Crippen LogP contribution in [0.15, 0.2) is 0 Å². The van der Waals surface area contributed by atoms with Gasteiger partial charge in [-0.05, 0) is 46.5 Å². The maximum absolute atomic E-state index is 11.8.